The Kier molecular flexibility index (Phi) is 2.66. The van der Waals surface area contributed by atoms with Crippen LogP contribution in [0.25, 0.3) is 0 Å². The van der Waals surface area contributed by atoms with E-state index in [4.69, 9.17) is 4.42 Å². The van der Waals surface area contributed by atoms with E-state index in [0.717, 1.165) is 0 Å². The smallest absolute Gasteiger partial charge is 0.162 e. The van der Waals surface area contributed by atoms with Crippen molar-refractivity contribution < 1.29 is 9.21 Å². The molecule has 0 spiro atoms. The average Bonchev–Trinajstić information content (AvgIpc) is 2.40. The molecule has 0 N–H and O–H groups in total. The maximum absolute atomic E-state index is 11.0. The van der Waals surface area contributed by atoms with Crippen LogP contribution in [0.1, 0.15) is 12.7 Å². The molecule has 0 aliphatic heterocycles. The van der Waals surface area contributed by atoms with Gasteiger partial charge in [-0.25, -0.2) is 0 Å². The third kappa shape index (κ3) is 2.42. The first-order valence-corrected chi connectivity index (χ1v) is 3.51. The van der Waals surface area contributed by atoms with Gasteiger partial charge in [0.25, 0.3) is 0 Å². The second-order valence-corrected chi connectivity index (χ2v) is 2.22. The van der Waals surface area contributed by atoms with Crippen molar-refractivity contribution in [3.8, 4) is 0 Å². The number of carbonyl (C=O) groups excluding carboxylic acids is 1. The number of hydrogen-bond acceptors (Lipinski definition) is 2. The maximum atomic E-state index is 11.0. The van der Waals surface area contributed by atoms with Crippen LogP contribution in [0.2, 0.25) is 0 Å². The average molecular weight is 150 g/mol. The number of furan rings is 1. The lowest BCUT2D eigenvalue weighted by molar-refractivity contribution is -0.114. The summed E-state index contributed by atoms with van der Waals surface area (Å²) in [4.78, 5) is 11.0. The van der Waals surface area contributed by atoms with Crippen LogP contribution in [0.5, 0.6) is 0 Å². The third-order valence-electron chi connectivity index (χ3n) is 1.28. The zero-order chi connectivity index (χ0) is 8.10. The second-order valence-electron chi connectivity index (χ2n) is 2.22. The van der Waals surface area contributed by atoms with Gasteiger partial charge in [-0.05, 0) is 25.1 Å². The summed E-state index contributed by atoms with van der Waals surface area (Å²) in [7, 11) is 0. The standard InChI is InChI=1S/C9H10O2/c1-2-4-8(10)7-9-5-3-6-11-9/h2-6H,7H2,1H3. The second kappa shape index (κ2) is 3.76. The molecule has 11 heavy (non-hydrogen) atoms. The topological polar surface area (TPSA) is 30.2 Å². The Balaban J connectivity index is 2.50. The van der Waals surface area contributed by atoms with Gasteiger partial charge in [0.15, 0.2) is 5.78 Å². The fraction of sp³-hybridized carbons (Fsp3) is 0.222. The van der Waals surface area contributed by atoms with Gasteiger partial charge in [0.05, 0.1) is 12.7 Å². The van der Waals surface area contributed by atoms with Crippen molar-refractivity contribution in [3.05, 3.63) is 36.3 Å². The predicted molar refractivity (Wildman–Crippen MR) is 42.2 cm³/mol. The first-order valence-electron chi connectivity index (χ1n) is 3.51. The van der Waals surface area contributed by atoms with Crippen LogP contribution in [0.15, 0.2) is 35.0 Å². The minimum absolute atomic E-state index is 0.0717. The van der Waals surface area contributed by atoms with Crippen LogP contribution in [-0.4, -0.2) is 5.78 Å². The Labute approximate surface area is 65.5 Å². The lowest BCUT2D eigenvalue weighted by Crippen LogP contribution is -1.95. The lowest BCUT2D eigenvalue weighted by atomic mass is 10.2. The van der Waals surface area contributed by atoms with Gasteiger partial charge in [-0.2, -0.15) is 0 Å². The Morgan fingerprint density at radius 1 is 1.73 bits per heavy atom. The molecule has 0 fully saturated rings. The predicted octanol–water partition coefficient (Wildman–Crippen LogP) is 1.97. The normalized spacial score (nSPS) is 10.6. The van der Waals surface area contributed by atoms with Gasteiger partial charge in [-0.15, -0.1) is 0 Å². The van der Waals surface area contributed by atoms with Gasteiger partial charge < -0.3 is 4.42 Å². The SMILES string of the molecule is CC=CC(=O)Cc1ccco1. The molecular weight excluding hydrogens is 140 g/mol. The molecule has 0 aliphatic carbocycles. The van der Waals surface area contributed by atoms with Crippen LogP contribution < -0.4 is 0 Å². The summed E-state index contributed by atoms with van der Waals surface area (Å²) in [5.41, 5.74) is 0. The largest absolute Gasteiger partial charge is 0.469 e. The van der Waals surface area contributed by atoms with Gasteiger partial charge in [0.1, 0.15) is 5.76 Å². The third-order valence-corrected chi connectivity index (χ3v) is 1.28. The number of allylic oxidation sites excluding steroid dienone is 2. The first-order chi connectivity index (χ1) is 5.33. The molecule has 0 amide bonds. The fourth-order valence-corrected chi connectivity index (χ4v) is 0.830. The molecule has 2 nitrogen and oxygen atoms in total. The first kappa shape index (κ1) is 7.79. The molecule has 1 aromatic heterocycles. The summed E-state index contributed by atoms with van der Waals surface area (Å²) in [6.07, 6.45) is 5.20. The van der Waals surface area contributed by atoms with E-state index in [0.29, 0.717) is 12.2 Å². The quantitative estimate of drug-likeness (QED) is 0.616. The van der Waals surface area contributed by atoms with E-state index in [-0.39, 0.29) is 5.78 Å². The van der Waals surface area contributed by atoms with Crippen molar-refractivity contribution in [1.82, 2.24) is 0 Å². The van der Waals surface area contributed by atoms with E-state index in [1.807, 2.05) is 6.92 Å². The summed E-state index contributed by atoms with van der Waals surface area (Å²) < 4.78 is 5.00. The molecule has 0 bridgehead atoms. The molecule has 1 heterocycles. The zero-order valence-corrected chi connectivity index (χ0v) is 6.41. The highest BCUT2D eigenvalue weighted by Gasteiger charge is 2.00. The van der Waals surface area contributed by atoms with E-state index < -0.39 is 0 Å². The fourth-order valence-electron chi connectivity index (χ4n) is 0.830. The molecule has 0 unspecified atom stereocenters. The maximum Gasteiger partial charge on any atom is 0.162 e. The Bertz CT molecular complexity index is 245. The Morgan fingerprint density at radius 2 is 2.55 bits per heavy atom. The minimum Gasteiger partial charge on any atom is -0.469 e. The highest BCUT2D eigenvalue weighted by atomic mass is 16.3. The highest BCUT2D eigenvalue weighted by Crippen LogP contribution is 2.01. The molecule has 0 saturated heterocycles. The van der Waals surface area contributed by atoms with Crippen molar-refractivity contribution in [3.63, 3.8) is 0 Å². The molecule has 1 rings (SSSR count). The molecule has 0 radical (unpaired) electrons. The van der Waals surface area contributed by atoms with Gasteiger partial charge in [0, 0.05) is 0 Å². The van der Waals surface area contributed by atoms with Crippen molar-refractivity contribution in [2.75, 3.05) is 0 Å². The van der Waals surface area contributed by atoms with E-state index in [1.54, 1.807) is 30.5 Å². The summed E-state index contributed by atoms with van der Waals surface area (Å²) in [5, 5.41) is 0. The lowest BCUT2D eigenvalue weighted by Gasteiger charge is -1.88. The van der Waals surface area contributed by atoms with Crippen molar-refractivity contribution >= 4 is 5.78 Å². The van der Waals surface area contributed by atoms with Crippen LogP contribution in [-0.2, 0) is 11.2 Å². The van der Waals surface area contributed by atoms with Crippen LogP contribution >= 0.6 is 0 Å². The van der Waals surface area contributed by atoms with E-state index in [1.165, 1.54) is 0 Å². The van der Waals surface area contributed by atoms with Crippen LogP contribution in [0.3, 0.4) is 0 Å². The van der Waals surface area contributed by atoms with Crippen molar-refractivity contribution in [2.45, 2.75) is 13.3 Å². The van der Waals surface area contributed by atoms with E-state index >= 15 is 0 Å². The molecule has 0 aliphatic rings. The summed E-state index contributed by atoms with van der Waals surface area (Å²) in [6.45, 7) is 1.82. The van der Waals surface area contributed by atoms with Gasteiger partial charge in [0.2, 0.25) is 0 Å². The van der Waals surface area contributed by atoms with Crippen LogP contribution in [0.4, 0.5) is 0 Å². The number of ketones is 1. The van der Waals surface area contributed by atoms with Crippen LogP contribution in [0, 0.1) is 0 Å². The number of carbonyl (C=O) groups is 1. The van der Waals surface area contributed by atoms with E-state index in [9.17, 15) is 4.79 Å². The minimum atomic E-state index is 0.0717. The molecule has 58 valence electrons. The Morgan fingerprint density at radius 3 is 3.09 bits per heavy atom. The summed E-state index contributed by atoms with van der Waals surface area (Å²) >= 11 is 0. The molecule has 0 saturated carbocycles. The molecule has 0 atom stereocenters. The van der Waals surface area contributed by atoms with E-state index in [2.05, 4.69) is 0 Å². The van der Waals surface area contributed by atoms with Crippen molar-refractivity contribution in [2.24, 2.45) is 0 Å². The monoisotopic (exact) mass is 150 g/mol. The summed E-state index contributed by atoms with van der Waals surface area (Å²) in [5.74, 6) is 0.788. The Hall–Kier alpha value is -1.31. The van der Waals surface area contributed by atoms with Crippen molar-refractivity contribution in [1.29, 1.82) is 0 Å². The van der Waals surface area contributed by atoms with Gasteiger partial charge in [-0.1, -0.05) is 6.08 Å². The molecule has 2 heteroatoms. The number of rotatable bonds is 3. The summed E-state index contributed by atoms with van der Waals surface area (Å²) in [6, 6.07) is 3.57. The number of hydrogen-bond donors (Lipinski definition) is 0. The zero-order valence-electron chi connectivity index (χ0n) is 6.41. The highest BCUT2D eigenvalue weighted by molar-refractivity contribution is 5.90. The molecular formula is C9H10O2. The van der Waals surface area contributed by atoms with Gasteiger partial charge >= 0.3 is 0 Å². The molecule has 1 aromatic rings. The molecule has 0 aromatic carbocycles. The van der Waals surface area contributed by atoms with Gasteiger partial charge in [-0.3, -0.25) is 4.79 Å².